The van der Waals surface area contributed by atoms with Crippen molar-refractivity contribution in [3.63, 3.8) is 0 Å². The number of carbonyl (C=O) groups excluding carboxylic acids is 1. The Kier molecular flexibility index (Phi) is 5.08. The summed E-state index contributed by atoms with van der Waals surface area (Å²) in [6.07, 6.45) is 2.93. The van der Waals surface area contributed by atoms with Crippen molar-refractivity contribution < 1.29 is 9.18 Å². The Morgan fingerprint density at radius 2 is 1.84 bits per heavy atom. The average molecular weight is 419 g/mol. The molecule has 0 aliphatic heterocycles. The molecule has 0 fully saturated rings. The predicted octanol–water partition coefficient (Wildman–Crippen LogP) is 2.42. The number of aromatic nitrogens is 4. The number of aromatic amines is 1. The van der Waals surface area contributed by atoms with Gasteiger partial charge in [0.1, 0.15) is 17.2 Å². The van der Waals surface area contributed by atoms with E-state index in [-0.39, 0.29) is 22.9 Å². The molecule has 2 aromatic carbocycles. The summed E-state index contributed by atoms with van der Waals surface area (Å²) in [5, 5.41) is 2.75. The van der Waals surface area contributed by atoms with E-state index in [0.29, 0.717) is 22.6 Å². The van der Waals surface area contributed by atoms with Crippen molar-refractivity contribution >= 4 is 28.8 Å². The third-order valence-electron chi connectivity index (χ3n) is 4.80. The van der Waals surface area contributed by atoms with Gasteiger partial charge in [-0.1, -0.05) is 24.3 Å². The van der Waals surface area contributed by atoms with Gasteiger partial charge in [-0.15, -0.1) is 0 Å². The smallest absolute Gasteiger partial charge is 0.332 e. The highest BCUT2D eigenvalue weighted by atomic mass is 19.1. The number of hydrogen-bond acceptors (Lipinski definition) is 4. The molecule has 2 aromatic heterocycles. The molecule has 0 saturated carbocycles. The van der Waals surface area contributed by atoms with Crippen LogP contribution < -0.4 is 16.6 Å². The normalized spacial score (nSPS) is 11.3. The molecule has 0 spiro atoms. The zero-order chi connectivity index (χ0) is 22.1. The molecule has 0 bridgehead atoms. The first-order valence-electron chi connectivity index (χ1n) is 9.34. The summed E-state index contributed by atoms with van der Waals surface area (Å²) in [5.41, 5.74) is 1.38. The molecular formula is C22H18FN5O3. The number of rotatable bonds is 4. The lowest BCUT2D eigenvalue weighted by molar-refractivity contribution is -0.111. The quantitative estimate of drug-likeness (QED) is 0.496. The minimum Gasteiger partial charge on any atom is -0.332 e. The van der Waals surface area contributed by atoms with E-state index >= 15 is 0 Å². The predicted molar refractivity (Wildman–Crippen MR) is 116 cm³/mol. The molecule has 8 nitrogen and oxygen atoms in total. The van der Waals surface area contributed by atoms with Gasteiger partial charge in [-0.3, -0.25) is 18.7 Å². The van der Waals surface area contributed by atoms with Crippen LogP contribution in [0.2, 0.25) is 0 Å². The Balaban J connectivity index is 1.60. The number of anilines is 1. The van der Waals surface area contributed by atoms with Crippen LogP contribution in [-0.2, 0) is 18.9 Å². The van der Waals surface area contributed by atoms with Crippen molar-refractivity contribution in [3.8, 4) is 11.4 Å². The molecule has 2 N–H and O–H groups in total. The zero-order valence-electron chi connectivity index (χ0n) is 16.7. The van der Waals surface area contributed by atoms with Gasteiger partial charge >= 0.3 is 5.69 Å². The molecule has 4 rings (SSSR count). The van der Waals surface area contributed by atoms with Crippen LogP contribution in [0, 0.1) is 5.82 Å². The minimum absolute atomic E-state index is 0.219. The lowest BCUT2D eigenvalue weighted by Crippen LogP contribution is -2.36. The highest BCUT2D eigenvalue weighted by Gasteiger charge is 2.14. The monoisotopic (exact) mass is 419 g/mol. The Bertz CT molecular complexity index is 1450. The molecule has 0 unspecified atom stereocenters. The van der Waals surface area contributed by atoms with E-state index in [4.69, 9.17) is 0 Å². The van der Waals surface area contributed by atoms with Crippen LogP contribution in [0.4, 0.5) is 10.1 Å². The number of fused-ring (bicyclic) bond motifs is 1. The SMILES string of the molecule is Cn1c(=O)c2[nH]c(-c3cccc(NC(=O)/C=C/c4ccc(F)cc4)c3)nc2n(C)c1=O. The lowest BCUT2D eigenvalue weighted by atomic mass is 10.2. The minimum atomic E-state index is -0.468. The summed E-state index contributed by atoms with van der Waals surface area (Å²) in [5.74, 6) is -0.310. The van der Waals surface area contributed by atoms with Crippen molar-refractivity contribution in [3.05, 3.63) is 86.8 Å². The van der Waals surface area contributed by atoms with E-state index in [2.05, 4.69) is 15.3 Å². The van der Waals surface area contributed by atoms with Gasteiger partial charge in [-0.05, 0) is 35.9 Å². The van der Waals surface area contributed by atoms with Gasteiger partial charge in [-0.2, -0.15) is 0 Å². The molecule has 0 aliphatic carbocycles. The summed E-state index contributed by atoms with van der Waals surface area (Å²) in [7, 11) is 2.94. The number of nitrogens with one attached hydrogen (secondary N) is 2. The average Bonchev–Trinajstić information content (AvgIpc) is 3.22. The molecule has 0 saturated heterocycles. The molecule has 4 aromatic rings. The highest BCUT2D eigenvalue weighted by Crippen LogP contribution is 2.21. The second kappa shape index (κ2) is 7.86. The van der Waals surface area contributed by atoms with Crippen molar-refractivity contribution in [1.82, 2.24) is 19.1 Å². The first-order chi connectivity index (χ1) is 14.8. The standard InChI is InChI=1S/C22H18FN5O3/c1-27-20-18(21(30)28(2)22(27)31)25-19(26-20)14-4-3-5-16(12-14)24-17(29)11-8-13-6-9-15(23)10-7-13/h3-12H,1-2H3,(H,24,29)(H,25,26)/b11-8+. The van der Waals surface area contributed by atoms with Crippen LogP contribution in [-0.4, -0.2) is 25.0 Å². The van der Waals surface area contributed by atoms with Gasteiger partial charge in [0.15, 0.2) is 5.65 Å². The van der Waals surface area contributed by atoms with E-state index in [0.717, 1.165) is 4.57 Å². The topological polar surface area (TPSA) is 102 Å². The van der Waals surface area contributed by atoms with Crippen LogP contribution in [0.1, 0.15) is 5.56 Å². The van der Waals surface area contributed by atoms with Gasteiger partial charge in [0.2, 0.25) is 5.91 Å². The van der Waals surface area contributed by atoms with Gasteiger partial charge in [0.05, 0.1) is 0 Å². The number of carbonyl (C=O) groups is 1. The fourth-order valence-electron chi connectivity index (χ4n) is 3.14. The van der Waals surface area contributed by atoms with E-state index in [9.17, 15) is 18.8 Å². The molecule has 0 radical (unpaired) electrons. The Hall–Kier alpha value is -4.27. The van der Waals surface area contributed by atoms with Crippen LogP contribution >= 0.6 is 0 Å². The fourth-order valence-corrected chi connectivity index (χ4v) is 3.14. The van der Waals surface area contributed by atoms with Crippen molar-refractivity contribution in [2.24, 2.45) is 14.1 Å². The molecule has 0 atom stereocenters. The number of aryl methyl sites for hydroxylation is 1. The lowest BCUT2D eigenvalue weighted by Gasteiger charge is -2.04. The van der Waals surface area contributed by atoms with Gasteiger partial charge in [0.25, 0.3) is 5.56 Å². The molecule has 156 valence electrons. The van der Waals surface area contributed by atoms with Crippen LogP contribution in [0.3, 0.4) is 0 Å². The number of benzene rings is 2. The largest absolute Gasteiger partial charge is 0.332 e. The number of imidazole rings is 1. The number of amides is 1. The van der Waals surface area contributed by atoms with Crippen molar-refractivity contribution in [2.75, 3.05) is 5.32 Å². The van der Waals surface area contributed by atoms with E-state index < -0.39 is 11.2 Å². The third kappa shape index (κ3) is 3.93. The molecule has 1 amide bonds. The Morgan fingerprint density at radius 1 is 1.10 bits per heavy atom. The number of hydrogen-bond donors (Lipinski definition) is 2. The Morgan fingerprint density at radius 3 is 2.58 bits per heavy atom. The van der Waals surface area contributed by atoms with E-state index in [1.54, 1.807) is 49.5 Å². The summed E-state index contributed by atoms with van der Waals surface area (Å²) in [6, 6.07) is 12.7. The van der Waals surface area contributed by atoms with Crippen LogP contribution in [0.25, 0.3) is 28.6 Å². The van der Waals surface area contributed by atoms with E-state index in [1.807, 2.05) is 0 Å². The molecule has 0 aliphatic rings. The molecule has 31 heavy (non-hydrogen) atoms. The van der Waals surface area contributed by atoms with Crippen molar-refractivity contribution in [2.45, 2.75) is 0 Å². The van der Waals surface area contributed by atoms with Crippen LogP contribution in [0.5, 0.6) is 0 Å². The second-order valence-corrected chi connectivity index (χ2v) is 6.94. The number of nitrogens with zero attached hydrogens (tertiary/aromatic N) is 3. The highest BCUT2D eigenvalue weighted by molar-refractivity contribution is 6.02. The molecular weight excluding hydrogens is 401 g/mol. The van der Waals surface area contributed by atoms with Crippen LogP contribution in [0.15, 0.2) is 64.2 Å². The van der Waals surface area contributed by atoms with Gasteiger partial charge in [0, 0.05) is 31.4 Å². The maximum absolute atomic E-state index is 13.0. The number of halogens is 1. The van der Waals surface area contributed by atoms with Crippen molar-refractivity contribution in [1.29, 1.82) is 0 Å². The Labute approximate surface area is 175 Å². The van der Waals surface area contributed by atoms with Gasteiger partial charge < -0.3 is 10.3 Å². The molecule has 2 heterocycles. The fraction of sp³-hybridized carbons (Fsp3) is 0.0909. The maximum Gasteiger partial charge on any atom is 0.332 e. The van der Waals surface area contributed by atoms with E-state index in [1.165, 1.54) is 29.8 Å². The summed E-state index contributed by atoms with van der Waals surface area (Å²) >= 11 is 0. The number of H-pyrrole nitrogens is 1. The summed E-state index contributed by atoms with van der Waals surface area (Å²) in [6.45, 7) is 0. The molecule has 9 heteroatoms. The summed E-state index contributed by atoms with van der Waals surface area (Å²) in [4.78, 5) is 44.0. The summed E-state index contributed by atoms with van der Waals surface area (Å²) < 4.78 is 15.3. The first kappa shape index (κ1) is 20.0. The second-order valence-electron chi connectivity index (χ2n) is 6.94. The maximum atomic E-state index is 13.0. The first-order valence-corrected chi connectivity index (χ1v) is 9.34. The van der Waals surface area contributed by atoms with Gasteiger partial charge in [-0.25, -0.2) is 14.2 Å². The zero-order valence-corrected chi connectivity index (χ0v) is 16.7. The third-order valence-corrected chi connectivity index (χ3v) is 4.80.